The van der Waals surface area contributed by atoms with Gasteiger partial charge in [0.25, 0.3) is 11.5 Å². The number of nitrogens with zero attached hydrogens (tertiary/aromatic N) is 5. The van der Waals surface area contributed by atoms with Gasteiger partial charge in [-0.2, -0.15) is 0 Å². The normalized spacial score (nSPS) is 15.9. The number of carbonyl (C=O) groups is 3. The van der Waals surface area contributed by atoms with Crippen molar-refractivity contribution in [2.45, 2.75) is 32.2 Å². The number of benzene rings is 1. The molecule has 3 amide bonds. The Labute approximate surface area is 242 Å². The molecule has 2 aliphatic rings. The van der Waals surface area contributed by atoms with Gasteiger partial charge in [-0.05, 0) is 55.6 Å². The second-order valence-corrected chi connectivity index (χ2v) is 10.9. The Morgan fingerprint density at radius 1 is 1.05 bits per heavy atom. The Morgan fingerprint density at radius 2 is 1.79 bits per heavy atom. The molecule has 0 radical (unpaired) electrons. The lowest BCUT2D eigenvalue weighted by molar-refractivity contribution is -0.133. The van der Waals surface area contributed by atoms with Gasteiger partial charge in [0.05, 0.1) is 5.52 Å². The lowest BCUT2D eigenvalue weighted by Crippen LogP contribution is -2.49. The van der Waals surface area contributed by atoms with Gasteiger partial charge in [-0.15, -0.1) is 0 Å². The number of aromatic nitrogens is 2. The second kappa shape index (κ2) is 12.7. The third-order valence-electron chi connectivity index (χ3n) is 7.89. The van der Waals surface area contributed by atoms with Gasteiger partial charge >= 0.3 is 0 Å². The van der Waals surface area contributed by atoms with E-state index >= 15 is 0 Å². The molecule has 5 rings (SSSR count). The van der Waals surface area contributed by atoms with Crippen LogP contribution in [0.2, 0.25) is 0 Å². The van der Waals surface area contributed by atoms with E-state index in [9.17, 15) is 28.7 Å². The number of rotatable bonds is 9. The minimum Gasteiger partial charge on any atom is -0.505 e. The highest BCUT2D eigenvalue weighted by Crippen LogP contribution is 2.26. The highest BCUT2D eigenvalue weighted by atomic mass is 19.1. The fourth-order valence-corrected chi connectivity index (χ4v) is 5.44. The highest BCUT2D eigenvalue weighted by Gasteiger charge is 2.27. The first-order valence-corrected chi connectivity index (χ1v) is 14.2. The number of amides is 3. The predicted octanol–water partition coefficient (Wildman–Crippen LogP) is 1.35. The summed E-state index contributed by atoms with van der Waals surface area (Å²) in [7, 11) is 1.97. The molecule has 12 heteroatoms. The Kier molecular flexibility index (Phi) is 8.81. The first-order valence-electron chi connectivity index (χ1n) is 14.2. The number of hydrogen-bond acceptors (Lipinski definition) is 7. The lowest BCUT2D eigenvalue weighted by atomic mass is 10.1. The minimum absolute atomic E-state index is 0.0245. The number of likely N-dealkylation sites (N-methyl/N-ethyl adjacent to an activating group) is 1. The SMILES string of the molecule is CN1CCN(C(=O)Cn2c(=O)c(C(=O)NCCCN3CCCC3=O)c(O)c3ncc(Cc4ccc(F)cc4)cc32)CC1. The summed E-state index contributed by atoms with van der Waals surface area (Å²) in [6.45, 7) is 3.50. The molecule has 2 fully saturated rings. The molecule has 2 N–H and O–H groups in total. The monoisotopic (exact) mass is 578 g/mol. The smallest absolute Gasteiger partial charge is 0.268 e. The van der Waals surface area contributed by atoms with Crippen LogP contribution in [0.5, 0.6) is 5.75 Å². The first kappa shape index (κ1) is 29.2. The zero-order chi connectivity index (χ0) is 29.8. The molecule has 11 nitrogen and oxygen atoms in total. The molecule has 0 spiro atoms. The van der Waals surface area contributed by atoms with E-state index in [2.05, 4.69) is 15.2 Å². The number of nitrogens with one attached hydrogen (secondary N) is 1. The molecule has 3 aromatic rings. The molecular formula is C30H35FN6O5. The maximum absolute atomic E-state index is 13.7. The average molecular weight is 579 g/mol. The third-order valence-corrected chi connectivity index (χ3v) is 7.89. The maximum Gasteiger partial charge on any atom is 0.268 e. The summed E-state index contributed by atoms with van der Waals surface area (Å²) >= 11 is 0. The number of fused-ring (bicyclic) bond motifs is 1. The van der Waals surface area contributed by atoms with Crippen molar-refractivity contribution >= 4 is 28.8 Å². The van der Waals surface area contributed by atoms with Crippen molar-refractivity contribution in [3.05, 3.63) is 69.4 Å². The van der Waals surface area contributed by atoms with Gasteiger partial charge in [0, 0.05) is 58.4 Å². The van der Waals surface area contributed by atoms with E-state index in [4.69, 9.17) is 0 Å². The van der Waals surface area contributed by atoms with Crippen LogP contribution in [0, 0.1) is 5.82 Å². The van der Waals surface area contributed by atoms with Crippen molar-refractivity contribution in [2.24, 2.45) is 0 Å². The largest absolute Gasteiger partial charge is 0.505 e. The Hall–Kier alpha value is -4.32. The number of aromatic hydroxyl groups is 1. The summed E-state index contributed by atoms with van der Waals surface area (Å²) in [5.41, 5.74) is 0.471. The van der Waals surface area contributed by atoms with Crippen molar-refractivity contribution < 1.29 is 23.9 Å². The molecule has 0 bridgehead atoms. The molecule has 2 aliphatic heterocycles. The third kappa shape index (κ3) is 6.43. The fraction of sp³-hybridized carbons (Fsp3) is 0.433. The van der Waals surface area contributed by atoms with Crippen molar-refractivity contribution in [1.82, 2.24) is 29.6 Å². The highest BCUT2D eigenvalue weighted by molar-refractivity contribution is 6.01. The van der Waals surface area contributed by atoms with Gasteiger partial charge < -0.3 is 25.1 Å². The summed E-state index contributed by atoms with van der Waals surface area (Å²) in [5.74, 6) is -1.87. The molecule has 42 heavy (non-hydrogen) atoms. The summed E-state index contributed by atoms with van der Waals surface area (Å²) < 4.78 is 14.6. The van der Waals surface area contributed by atoms with Crippen molar-refractivity contribution in [2.75, 3.05) is 52.9 Å². The maximum atomic E-state index is 13.7. The van der Waals surface area contributed by atoms with Crippen molar-refractivity contribution in [3.8, 4) is 5.75 Å². The van der Waals surface area contributed by atoms with Gasteiger partial charge in [0.15, 0.2) is 5.75 Å². The van der Waals surface area contributed by atoms with Gasteiger partial charge in [-0.1, -0.05) is 12.1 Å². The Morgan fingerprint density at radius 3 is 2.48 bits per heavy atom. The van der Waals surface area contributed by atoms with Gasteiger partial charge in [-0.25, -0.2) is 4.39 Å². The molecular weight excluding hydrogens is 543 g/mol. The molecule has 4 heterocycles. The summed E-state index contributed by atoms with van der Waals surface area (Å²) in [5, 5.41) is 13.8. The van der Waals surface area contributed by atoms with E-state index in [1.165, 1.54) is 22.9 Å². The Bertz CT molecular complexity index is 1550. The van der Waals surface area contributed by atoms with Gasteiger partial charge in [0.1, 0.15) is 23.4 Å². The van der Waals surface area contributed by atoms with E-state index in [0.717, 1.165) is 12.0 Å². The zero-order valence-corrected chi connectivity index (χ0v) is 23.6. The van der Waals surface area contributed by atoms with Crippen LogP contribution in [0.25, 0.3) is 11.0 Å². The number of pyridine rings is 2. The van der Waals surface area contributed by atoms with E-state index in [-0.39, 0.29) is 41.8 Å². The van der Waals surface area contributed by atoms with Crippen LogP contribution < -0.4 is 10.9 Å². The molecule has 0 unspecified atom stereocenters. The summed E-state index contributed by atoms with van der Waals surface area (Å²) in [4.78, 5) is 62.0. The zero-order valence-electron chi connectivity index (χ0n) is 23.6. The second-order valence-electron chi connectivity index (χ2n) is 10.9. The Balaban J connectivity index is 1.44. The number of hydrogen-bond donors (Lipinski definition) is 2. The van der Waals surface area contributed by atoms with E-state index in [1.807, 2.05) is 7.05 Å². The van der Waals surface area contributed by atoms with E-state index < -0.39 is 22.8 Å². The van der Waals surface area contributed by atoms with E-state index in [0.29, 0.717) is 64.1 Å². The van der Waals surface area contributed by atoms with Gasteiger partial charge in [0.2, 0.25) is 11.8 Å². The molecule has 2 saturated heterocycles. The summed E-state index contributed by atoms with van der Waals surface area (Å²) in [6, 6.07) is 7.67. The standard InChI is InChI=1S/C30H35FN6O5/c1-34-12-14-36(15-13-34)25(39)19-37-23-17-21(16-20-5-7-22(31)8-6-20)18-33-27(23)28(40)26(30(37)42)29(41)32-9-3-11-35-10-2-4-24(35)38/h5-8,17-18,40H,2-4,9-16,19H2,1H3,(H,32,41). The number of carbonyl (C=O) groups excluding carboxylic acids is 3. The molecule has 0 saturated carbocycles. The number of piperazine rings is 1. The summed E-state index contributed by atoms with van der Waals surface area (Å²) in [6.07, 6.45) is 3.75. The molecule has 0 atom stereocenters. The van der Waals surface area contributed by atoms with Crippen LogP contribution >= 0.6 is 0 Å². The van der Waals surface area contributed by atoms with Crippen LogP contribution in [0.4, 0.5) is 4.39 Å². The van der Waals surface area contributed by atoms with Crippen molar-refractivity contribution in [1.29, 1.82) is 0 Å². The minimum atomic E-state index is -0.796. The first-order chi connectivity index (χ1) is 20.2. The van der Waals surface area contributed by atoms with Gasteiger partial charge in [-0.3, -0.25) is 28.7 Å². The van der Waals surface area contributed by atoms with Crippen LogP contribution in [0.1, 0.15) is 40.7 Å². The molecule has 1 aromatic carbocycles. The number of halogens is 1. The number of likely N-dealkylation sites (tertiary alicyclic amines) is 1. The van der Waals surface area contributed by atoms with Crippen LogP contribution in [-0.4, -0.2) is 99.9 Å². The topological polar surface area (TPSA) is 128 Å². The van der Waals surface area contributed by atoms with Crippen LogP contribution in [-0.2, 0) is 22.6 Å². The lowest BCUT2D eigenvalue weighted by Gasteiger charge is -2.32. The molecule has 0 aliphatic carbocycles. The van der Waals surface area contributed by atoms with Crippen molar-refractivity contribution in [3.63, 3.8) is 0 Å². The average Bonchev–Trinajstić information content (AvgIpc) is 3.39. The quantitative estimate of drug-likeness (QED) is 0.367. The van der Waals surface area contributed by atoms with Crippen LogP contribution in [0.15, 0.2) is 41.3 Å². The molecule has 222 valence electrons. The van der Waals surface area contributed by atoms with Crippen LogP contribution in [0.3, 0.4) is 0 Å². The fourth-order valence-electron chi connectivity index (χ4n) is 5.44. The van der Waals surface area contributed by atoms with E-state index in [1.54, 1.807) is 28.0 Å². The molecule has 2 aromatic heterocycles. The predicted molar refractivity (Wildman–Crippen MR) is 154 cm³/mol.